The summed E-state index contributed by atoms with van der Waals surface area (Å²) in [6.07, 6.45) is 5.41. The smallest absolute Gasteiger partial charge is 0.135 e. The highest BCUT2D eigenvalue weighted by molar-refractivity contribution is 6.02. The molecular weight excluding hydrogens is 548 g/mol. The van der Waals surface area contributed by atoms with Gasteiger partial charge in [-0.15, -0.1) is 0 Å². The van der Waals surface area contributed by atoms with Crippen LogP contribution in [-0.4, -0.2) is 38.4 Å². The molecule has 0 saturated carbocycles. The Bertz CT molecular complexity index is 1870. The second-order valence-electron chi connectivity index (χ2n) is 9.98. The topological polar surface area (TPSA) is 62.7 Å². The summed E-state index contributed by atoms with van der Waals surface area (Å²) in [4.78, 5) is 9.15. The molecule has 1 radical (unpaired) electrons. The number of ether oxygens (including phenoxy) is 4. The van der Waals surface area contributed by atoms with Crippen LogP contribution in [0.1, 0.15) is 0 Å². The molecule has 0 atom stereocenters. The van der Waals surface area contributed by atoms with E-state index in [1.807, 2.05) is 97.2 Å². The van der Waals surface area contributed by atoms with Gasteiger partial charge in [-0.2, -0.15) is 0 Å². The molecule has 0 aliphatic carbocycles. The summed E-state index contributed by atoms with van der Waals surface area (Å²) in [5, 5.41) is 0. The third-order valence-electron chi connectivity index (χ3n) is 7.55. The van der Waals surface area contributed by atoms with Crippen molar-refractivity contribution in [2.45, 2.75) is 0 Å². The molecule has 2 heterocycles. The monoisotopic (exact) mass is 579 g/mol. The lowest BCUT2D eigenvalue weighted by molar-refractivity contribution is 0.414. The van der Waals surface area contributed by atoms with E-state index in [1.165, 1.54) is 0 Å². The number of benzene rings is 4. The highest BCUT2D eigenvalue weighted by atomic mass is 16.5. The average molecular weight is 580 g/mol. The zero-order chi connectivity index (χ0) is 30.5. The van der Waals surface area contributed by atoms with Gasteiger partial charge in [0.05, 0.1) is 34.1 Å². The van der Waals surface area contributed by atoms with Gasteiger partial charge in [0.15, 0.2) is 0 Å². The Morgan fingerprint density at radius 2 is 1.18 bits per heavy atom. The molecule has 6 nitrogen and oxygen atoms in total. The second-order valence-corrected chi connectivity index (χ2v) is 9.98. The molecule has 4 aromatic carbocycles. The van der Waals surface area contributed by atoms with Gasteiger partial charge in [0.1, 0.15) is 23.0 Å². The number of hydrogen-bond acceptors (Lipinski definition) is 6. The van der Waals surface area contributed by atoms with Gasteiger partial charge in [-0.1, -0.05) is 36.4 Å². The maximum absolute atomic E-state index is 6.36. The Hall–Kier alpha value is -5.62. The zero-order valence-corrected chi connectivity index (χ0v) is 25.0. The van der Waals surface area contributed by atoms with Gasteiger partial charge in [0, 0.05) is 58.0 Å². The number of hydrogen-bond donors (Lipinski definition) is 0. The van der Waals surface area contributed by atoms with Crippen molar-refractivity contribution in [1.29, 1.82) is 0 Å². The van der Waals surface area contributed by atoms with E-state index in [-0.39, 0.29) is 0 Å². The van der Waals surface area contributed by atoms with Crippen molar-refractivity contribution in [3.05, 3.63) is 122 Å². The van der Waals surface area contributed by atoms with Gasteiger partial charge in [0.25, 0.3) is 0 Å². The van der Waals surface area contributed by atoms with E-state index < -0.39 is 0 Å². The van der Waals surface area contributed by atoms with Crippen LogP contribution in [0.5, 0.6) is 23.0 Å². The number of methoxy groups -OCH3 is 4. The van der Waals surface area contributed by atoms with Crippen LogP contribution in [0.25, 0.3) is 55.8 Å². The molecule has 6 aromatic rings. The van der Waals surface area contributed by atoms with Crippen LogP contribution in [-0.2, 0) is 0 Å². The third kappa shape index (κ3) is 5.45. The van der Waals surface area contributed by atoms with Crippen molar-refractivity contribution < 1.29 is 18.9 Å². The van der Waals surface area contributed by atoms with Gasteiger partial charge in [-0.3, -0.25) is 9.97 Å². The Morgan fingerprint density at radius 1 is 0.523 bits per heavy atom. The lowest BCUT2D eigenvalue weighted by Gasteiger charge is -2.23. The van der Waals surface area contributed by atoms with E-state index in [0.29, 0.717) is 5.75 Å². The van der Waals surface area contributed by atoms with Gasteiger partial charge in [-0.05, 0) is 77.4 Å². The molecule has 0 aliphatic rings. The summed E-state index contributed by atoms with van der Waals surface area (Å²) in [5.74, 6) is 2.96. The third-order valence-corrected chi connectivity index (χ3v) is 7.55. The largest absolute Gasteiger partial charge is 0.497 e. The maximum atomic E-state index is 6.36. The number of nitrogens with zero attached hydrogens (tertiary/aromatic N) is 2. The van der Waals surface area contributed by atoms with E-state index in [4.69, 9.17) is 23.9 Å². The average Bonchev–Trinajstić information content (AvgIpc) is 3.11. The molecule has 0 spiro atoms. The fourth-order valence-electron chi connectivity index (χ4n) is 5.40. The van der Waals surface area contributed by atoms with E-state index in [2.05, 4.69) is 17.1 Å². The lowest BCUT2D eigenvalue weighted by atomic mass is 9.83. The summed E-state index contributed by atoms with van der Waals surface area (Å²) in [5.41, 5.74) is 8.96. The molecule has 2 aromatic heterocycles. The first-order valence-electron chi connectivity index (χ1n) is 14.1. The van der Waals surface area contributed by atoms with Crippen LogP contribution in [0.15, 0.2) is 116 Å². The minimum atomic E-state index is 0.700. The SMILES string of the molecule is COc1ccc(-c2[c]c(-c3ccc(OC)cc3-c3ccccn3)c(-c3ccc(OC)cc3)c(OC)c2-c2cccnc2)cc1. The molecule has 0 amide bonds. The van der Waals surface area contributed by atoms with Crippen molar-refractivity contribution in [3.63, 3.8) is 0 Å². The van der Waals surface area contributed by atoms with E-state index in [1.54, 1.807) is 40.8 Å². The van der Waals surface area contributed by atoms with E-state index in [9.17, 15) is 0 Å². The number of pyridine rings is 2. The highest BCUT2D eigenvalue weighted by Gasteiger charge is 2.26. The van der Waals surface area contributed by atoms with Crippen molar-refractivity contribution in [1.82, 2.24) is 9.97 Å². The van der Waals surface area contributed by atoms with Gasteiger partial charge < -0.3 is 18.9 Å². The van der Waals surface area contributed by atoms with Gasteiger partial charge >= 0.3 is 0 Å². The first-order valence-corrected chi connectivity index (χ1v) is 14.1. The van der Waals surface area contributed by atoms with Gasteiger partial charge in [0.2, 0.25) is 0 Å². The van der Waals surface area contributed by atoms with Crippen LogP contribution in [0.2, 0.25) is 0 Å². The number of aromatic nitrogens is 2. The van der Waals surface area contributed by atoms with Crippen LogP contribution in [0, 0.1) is 6.07 Å². The molecule has 0 aliphatic heterocycles. The van der Waals surface area contributed by atoms with Crippen LogP contribution < -0.4 is 18.9 Å². The molecule has 44 heavy (non-hydrogen) atoms. The molecule has 217 valence electrons. The second kappa shape index (κ2) is 12.7. The first-order chi connectivity index (χ1) is 21.6. The highest BCUT2D eigenvalue weighted by Crippen LogP contribution is 2.51. The number of rotatable bonds is 9. The van der Waals surface area contributed by atoms with Gasteiger partial charge in [-0.25, -0.2) is 0 Å². The molecule has 6 heteroatoms. The zero-order valence-electron chi connectivity index (χ0n) is 25.0. The molecule has 0 unspecified atom stereocenters. The van der Waals surface area contributed by atoms with Crippen LogP contribution in [0.4, 0.5) is 0 Å². The molecule has 6 rings (SSSR count). The predicted octanol–water partition coefficient (Wildman–Crippen LogP) is 8.65. The minimum absolute atomic E-state index is 0.700. The molecule has 0 saturated heterocycles. The molecular formula is C38H31N2O4. The standard InChI is InChI=1S/C38H31N2O4/c1-41-28-14-10-25(11-15-28)32-23-34(31-19-18-30(43-3)22-33(31)35-9-5-6-21-40-35)36(26-12-16-29(42-2)17-13-26)38(44-4)37(32)27-8-7-20-39-24-27/h5-22,24H,1-4H3. The predicted molar refractivity (Wildman–Crippen MR) is 174 cm³/mol. The van der Waals surface area contributed by atoms with Crippen molar-refractivity contribution in [2.75, 3.05) is 28.4 Å². The van der Waals surface area contributed by atoms with Crippen molar-refractivity contribution in [2.24, 2.45) is 0 Å². The van der Waals surface area contributed by atoms with E-state index >= 15 is 0 Å². The summed E-state index contributed by atoms with van der Waals surface area (Å²) >= 11 is 0. The van der Waals surface area contributed by atoms with E-state index in [0.717, 1.165) is 73.0 Å². The Morgan fingerprint density at radius 3 is 1.77 bits per heavy atom. The Balaban J connectivity index is 1.76. The minimum Gasteiger partial charge on any atom is -0.497 e. The maximum Gasteiger partial charge on any atom is 0.135 e. The van der Waals surface area contributed by atoms with Crippen molar-refractivity contribution >= 4 is 0 Å². The fourth-order valence-corrected chi connectivity index (χ4v) is 5.40. The van der Waals surface area contributed by atoms with Crippen LogP contribution >= 0.6 is 0 Å². The molecule has 0 fully saturated rings. The Kier molecular flexibility index (Phi) is 8.23. The first kappa shape index (κ1) is 28.5. The Labute approximate surface area is 257 Å². The summed E-state index contributed by atoms with van der Waals surface area (Å²) in [7, 11) is 6.70. The normalized spacial score (nSPS) is 10.7. The lowest BCUT2D eigenvalue weighted by Crippen LogP contribution is -2.00. The molecule has 0 N–H and O–H groups in total. The summed E-state index contributed by atoms with van der Waals surface area (Å²) in [6.45, 7) is 0. The quantitative estimate of drug-likeness (QED) is 0.171. The fraction of sp³-hybridized carbons (Fsp3) is 0.105. The summed E-state index contributed by atoms with van der Waals surface area (Å²) in [6, 6.07) is 35.7. The molecule has 0 bridgehead atoms. The van der Waals surface area contributed by atoms with Crippen molar-refractivity contribution in [3.8, 4) is 78.8 Å². The van der Waals surface area contributed by atoms with Crippen LogP contribution in [0.3, 0.4) is 0 Å². The summed E-state index contributed by atoms with van der Waals surface area (Å²) < 4.78 is 23.0.